The predicted octanol–water partition coefficient (Wildman–Crippen LogP) is 3.46. The van der Waals surface area contributed by atoms with Crippen LogP contribution in [0.1, 0.15) is 22.7 Å². The van der Waals surface area contributed by atoms with Gasteiger partial charge in [-0.15, -0.1) is 0 Å². The van der Waals surface area contributed by atoms with Gasteiger partial charge in [-0.25, -0.2) is 8.42 Å². The summed E-state index contributed by atoms with van der Waals surface area (Å²) in [5, 5.41) is 0.573. The van der Waals surface area contributed by atoms with Crippen LogP contribution in [0.5, 0.6) is 11.5 Å². The van der Waals surface area contributed by atoms with Gasteiger partial charge in [0.2, 0.25) is 10.0 Å². The highest BCUT2D eigenvalue weighted by atomic mass is 35.5. The van der Waals surface area contributed by atoms with Gasteiger partial charge in [-0.05, 0) is 24.0 Å². The van der Waals surface area contributed by atoms with E-state index in [2.05, 4.69) is 0 Å². The molecule has 0 amide bonds. The maximum atomic E-state index is 12.5. The van der Waals surface area contributed by atoms with Crippen LogP contribution in [0, 0.1) is 0 Å². The van der Waals surface area contributed by atoms with Crippen molar-refractivity contribution >= 4 is 21.6 Å². The normalized spacial score (nSPS) is 17.6. The SMILES string of the molecule is COc1cc(Cl)c2c(c1OC)C(Cc1ccccc1)N(S(C)(=O)=O)CC2. The van der Waals surface area contributed by atoms with E-state index in [-0.39, 0.29) is 0 Å². The largest absolute Gasteiger partial charge is 0.493 e. The number of rotatable bonds is 5. The van der Waals surface area contributed by atoms with E-state index in [1.807, 2.05) is 30.3 Å². The van der Waals surface area contributed by atoms with Crippen LogP contribution in [0.2, 0.25) is 5.02 Å². The molecule has 5 nitrogen and oxygen atoms in total. The summed E-state index contributed by atoms with van der Waals surface area (Å²) in [7, 11) is -0.295. The van der Waals surface area contributed by atoms with Gasteiger partial charge in [0.05, 0.1) is 26.5 Å². The zero-order valence-corrected chi connectivity index (χ0v) is 16.6. The van der Waals surface area contributed by atoms with Crippen LogP contribution >= 0.6 is 11.6 Å². The molecule has 1 heterocycles. The van der Waals surface area contributed by atoms with E-state index in [4.69, 9.17) is 21.1 Å². The van der Waals surface area contributed by atoms with Gasteiger partial charge in [0.1, 0.15) is 0 Å². The molecule has 2 aromatic rings. The summed E-state index contributed by atoms with van der Waals surface area (Å²) in [6.07, 6.45) is 2.30. The van der Waals surface area contributed by atoms with Gasteiger partial charge in [-0.3, -0.25) is 0 Å². The molecular formula is C19H22ClNO4S. The molecule has 0 spiro atoms. The van der Waals surface area contributed by atoms with Gasteiger partial charge in [-0.2, -0.15) is 4.31 Å². The molecule has 140 valence electrons. The molecule has 0 radical (unpaired) electrons. The number of methoxy groups -OCH3 is 2. The summed E-state index contributed by atoms with van der Waals surface area (Å²) < 4.78 is 37.5. The predicted molar refractivity (Wildman–Crippen MR) is 103 cm³/mol. The Labute approximate surface area is 159 Å². The first-order chi connectivity index (χ1) is 12.4. The van der Waals surface area contributed by atoms with Crippen molar-refractivity contribution in [2.75, 3.05) is 27.0 Å². The fraction of sp³-hybridized carbons (Fsp3) is 0.368. The highest BCUT2D eigenvalue weighted by Gasteiger charge is 2.37. The minimum absolute atomic E-state index is 0.387. The maximum absolute atomic E-state index is 12.5. The van der Waals surface area contributed by atoms with E-state index in [0.29, 0.717) is 35.9 Å². The van der Waals surface area contributed by atoms with Crippen LogP contribution in [0.25, 0.3) is 0 Å². The summed E-state index contributed by atoms with van der Waals surface area (Å²) in [5.41, 5.74) is 2.75. The summed E-state index contributed by atoms with van der Waals surface area (Å²) in [5.74, 6) is 1.05. The molecular weight excluding hydrogens is 374 g/mol. The van der Waals surface area contributed by atoms with Gasteiger partial charge in [-0.1, -0.05) is 41.9 Å². The highest BCUT2D eigenvalue weighted by Crippen LogP contribution is 2.47. The van der Waals surface area contributed by atoms with Gasteiger partial charge < -0.3 is 9.47 Å². The van der Waals surface area contributed by atoms with Crippen molar-refractivity contribution in [2.45, 2.75) is 18.9 Å². The molecule has 2 aromatic carbocycles. The molecule has 0 N–H and O–H groups in total. The number of nitrogens with zero attached hydrogens (tertiary/aromatic N) is 1. The average molecular weight is 396 g/mol. The van der Waals surface area contributed by atoms with Crippen LogP contribution in [-0.4, -0.2) is 39.7 Å². The number of benzene rings is 2. The van der Waals surface area contributed by atoms with Gasteiger partial charge in [0.15, 0.2) is 11.5 Å². The Hall–Kier alpha value is -1.76. The molecule has 0 fully saturated rings. The highest BCUT2D eigenvalue weighted by molar-refractivity contribution is 7.88. The summed E-state index contributed by atoms with van der Waals surface area (Å²) in [6.45, 7) is 0.387. The van der Waals surface area contributed by atoms with Crippen molar-refractivity contribution in [3.63, 3.8) is 0 Å². The molecule has 0 saturated carbocycles. The maximum Gasteiger partial charge on any atom is 0.211 e. The van der Waals surface area contributed by atoms with Crippen LogP contribution in [-0.2, 0) is 22.9 Å². The van der Waals surface area contributed by atoms with E-state index in [9.17, 15) is 8.42 Å². The van der Waals surface area contributed by atoms with Crippen molar-refractivity contribution in [3.8, 4) is 11.5 Å². The van der Waals surface area contributed by atoms with Crippen LogP contribution in [0.15, 0.2) is 36.4 Å². The van der Waals surface area contributed by atoms with Crippen molar-refractivity contribution in [3.05, 3.63) is 58.1 Å². The second kappa shape index (κ2) is 7.47. The third-order valence-electron chi connectivity index (χ3n) is 4.72. The molecule has 1 aliphatic heterocycles. The van der Waals surface area contributed by atoms with E-state index < -0.39 is 16.1 Å². The van der Waals surface area contributed by atoms with Crippen LogP contribution in [0.3, 0.4) is 0 Å². The fourth-order valence-corrected chi connectivity index (χ4v) is 4.96. The number of hydrogen-bond acceptors (Lipinski definition) is 4. The Bertz CT molecular complexity index is 900. The first-order valence-corrected chi connectivity index (χ1v) is 10.5. The van der Waals surface area contributed by atoms with Crippen molar-refractivity contribution in [1.82, 2.24) is 4.31 Å². The zero-order valence-electron chi connectivity index (χ0n) is 15.0. The Balaban J connectivity index is 2.21. The molecule has 1 atom stereocenters. The second-order valence-electron chi connectivity index (χ2n) is 6.32. The zero-order chi connectivity index (χ0) is 18.9. The molecule has 1 aliphatic rings. The molecule has 7 heteroatoms. The minimum atomic E-state index is -3.40. The molecule has 3 rings (SSSR count). The van der Waals surface area contributed by atoms with E-state index in [1.165, 1.54) is 10.6 Å². The van der Waals surface area contributed by atoms with Crippen molar-refractivity contribution in [2.24, 2.45) is 0 Å². The molecule has 0 aromatic heterocycles. The molecule has 0 saturated heterocycles. The second-order valence-corrected chi connectivity index (χ2v) is 8.66. The first kappa shape index (κ1) is 19.0. The molecule has 0 bridgehead atoms. The van der Waals surface area contributed by atoms with E-state index >= 15 is 0 Å². The van der Waals surface area contributed by atoms with Crippen molar-refractivity contribution < 1.29 is 17.9 Å². The Morgan fingerprint density at radius 2 is 1.88 bits per heavy atom. The Kier molecular flexibility index (Phi) is 5.46. The third kappa shape index (κ3) is 3.54. The van der Waals surface area contributed by atoms with Gasteiger partial charge in [0, 0.05) is 23.2 Å². The van der Waals surface area contributed by atoms with E-state index in [1.54, 1.807) is 20.3 Å². The van der Waals surface area contributed by atoms with Gasteiger partial charge >= 0.3 is 0 Å². The van der Waals surface area contributed by atoms with Crippen LogP contribution in [0.4, 0.5) is 0 Å². The summed E-state index contributed by atoms with van der Waals surface area (Å²) in [6, 6.07) is 11.1. The number of hydrogen-bond donors (Lipinski definition) is 0. The smallest absolute Gasteiger partial charge is 0.211 e. The summed E-state index contributed by atoms with van der Waals surface area (Å²) in [4.78, 5) is 0. The van der Waals surface area contributed by atoms with Crippen LogP contribution < -0.4 is 9.47 Å². The lowest BCUT2D eigenvalue weighted by Gasteiger charge is -2.37. The monoisotopic (exact) mass is 395 g/mol. The Morgan fingerprint density at radius 3 is 2.46 bits per heavy atom. The van der Waals surface area contributed by atoms with Gasteiger partial charge in [0.25, 0.3) is 0 Å². The van der Waals surface area contributed by atoms with E-state index in [0.717, 1.165) is 16.7 Å². The lowest BCUT2D eigenvalue weighted by molar-refractivity contribution is 0.287. The number of ether oxygens (including phenoxy) is 2. The molecule has 1 unspecified atom stereocenters. The third-order valence-corrected chi connectivity index (χ3v) is 6.35. The number of fused-ring (bicyclic) bond motifs is 1. The topological polar surface area (TPSA) is 55.8 Å². The first-order valence-electron chi connectivity index (χ1n) is 8.30. The number of sulfonamides is 1. The van der Waals surface area contributed by atoms with Crippen molar-refractivity contribution in [1.29, 1.82) is 0 Å². The minimum Gasteiger partial charge on any atom is -0.493 e. The number of halogens is 1. The summed E-state index contributed by atoms with van der Waals surface area (Å²) >= 11 is 6.48. The fourth-order valence-electron chi connectivity index (χ4n) is 3.59. The lowest BCUT2D eigenvalue weighted by Crippen LogP contribution is -2.40. The molecule has 0 aliphatic carbocycles. The lowest BCUT2D eigenvalue weighted by atomic mass is 9.89. The molecule has 26 heavy (non-hydrogen) atoms. The quantitative estimate of drug-likeness (QED) is 0.778. The average Bonchev–Trinajstić information content (AvgIpc) is 2.61. The Morgan fingerprint density at radius 1 is 1.19 bits per heavy atom. The standard InChI is InChI=1S/C19H22ClNO4S/c1-24-17-12-15(20)14-9-10-21(26(3,22)23)16(18(14)19(17)25-2)11-13-7-5-4-6-8-13/h4-8,12,16H,9-11H2,1-3H3.